The predicted octanol–water partition coefficient (Wildman–Crippen LogP) is 3.75. The molecule has 0 aliphatic heterocycles. The van der Waals surface area contributed by atoms with E-state index in [0.29, 0.717) is 21.5 Å². The number of benzene rings is 1. The second-order valence-corrected chi connectivity index (χ2v) is 6.03. The second-order valence-electron chi connectivity index (χ2n) is 5.62. The number of aromatic amines is 1. The van der Waals surface area contributed by atoms with Crippen LogP contribution in [0, 0.1) is 0 Å². The molecule has 0 fully saturated rings. The second kappa shape index (κ2) is 6.49. The van der Waals surface area contributed by atoms with Gasteiger partial charge in [-0.2, -0.15) is 18.2 Å². The molecule has 1 atom stereocenters. The van der Waals surface area contributed by atoms with Gasteiger partial charge in [0.05, 0.1) is 16.5 Å². The Hall–Kier alpha value is -2.81. The van der Waals surface area contributed by atoms with Crippen molar-refractivity contribution in [2.45, 2.75) is 19.1 Å². The van der Waals surface area contributed by atoms with Gasteiger partial charge in [-0.1, -0.05) is 23.7 Å². The van der Waals surface area contributed by atoms with Gasteiger partial charge >= 0.3 is 6.18 Å². The third kappa shape index (κ3) is 3.57. The number of fused-ring (bicyclic) bond motifs is 1. The highest BCUT2D eigenvalue weighted by molar-refractivity contribution is 6.35. The van der Waals surface area contributed by atoms with E-state index in [1.54, 1.807) is 31.2 Å². The molecule has 2 heterocycles. The summed E-state index contributed by atoms with van der Waals surface area (Å²) in [7, 11) is 0. The van der Waals surface area contributed by atoms with Crippen molar-refractivity contribution in [3.05, 3.63) is 57.1 Å². The van der Waals surface area contributed by atoms with Crippen LogP contribution in [0.25, 0.3) is 10.8 Å². The fourth-order valence-electron chi connectivity index (χ4n) is 2.52. The molecule has 0 spiro atoms. The standard InChI is InChI=1S/C16H13ClF3N5O/c1-7(22-12-6-11(16(18,19)20)24-15(21)25-12)10-5-8-3-2-4-9(17)13(8)14(26)23-10/h2-7H,1H3,(H,23,26)(H3,21,22,24,25)/t7-/m0/s1. The van der Waals surface area contributed by atoms with Gasteiger partial charge < -0.3 is 16.0 Å². The molecule has 0 amide bonds. The SMILES string of the molecule is C[C@H](Nc1cc(C(F)(F)F)nc(N)n1)c1cc2cccc(Cl)c2c(=O)[nH]1. The third-order valence-corrected chi connectivity index (χ3v) is 4.02. The molecule has 26 heavy (non-hydrogen) atoms. The van der Waals surface area contributed by atoms with Gasteiger partial charge in [0.15, 0.2) is 5.69 Å². The average molecular weight is 384 g/mol. The number of nitrogens with one attached hydrogen (secondary N) is 2. The van der Waals surface area contributed by atoms with E-state index < -0.39 is 29.4 Å². The van der Waals surface area contributed by atoms with E-state index in [1.165, 1.54) is 0 Å². The van der Waals surface area contributed by atoms with Gasteiger partial charge in [-0.15, -0.1) is 0 Å². The van der Waals surface area contributed by atoms with Gasteiger partial charge in [0, 0.05) is 11.8 Å². The lowest BCUT2D eigenvalue weighted by Crippen LogP contribution is -2.18. The maximum Gasteiger partial charge on any atom is 0.433 e. The Labute approximate surface area is 150 Å². The molecule has 0 aliphatic carbocycles. The van der Waals surface area contributed by atoms with Crippen molar-refractivity contribution in [1.29, 1.82) is 0 Å². The Morgan fingerprint density at radius 1 is 1.27 bits per heavy atom. The molecular weight excluding hydrogens is 371 g/mol. The lowest BCUT2D eigenvalue weighted by atomic mass is 10.1. The van der Waals surface area contributed by atoms with Crippen LogP contribution in [-0.4, -0.2) is 15.0 Å². The van der Waals surface area contributed by atoms with Crippen LogP contribution in [0.2, 0.25) is 5.02 Å². The number of alkyl halides is 3. The van der Waals surface area contributed by atoms with E-state index in [-0.39, 0.29) is 5.82 Å². The van der Waals surface area contributed by atoms with Crippen molar-refractivity contribution in [2.24, 2.45) is 0 Å². The van der Waals surface area contributed by atoms with Crippen LogP contribution in [0.3, 0.4) is 0 Å². The van der Waals surface area contributed by atoms with Crippen molar-refractivity contribution in [3.8, 4) is 0 Å². The van der Waals surface area contributed by atoms with Crippen LogP contribution in [0.5, 0.6) is 0 Å². The van der Waals surface area contributed by atoms with Gasteiger partial charge in [-0.05, 0) is 24.4 Å². The number of hydrogen-bond donors (Lipinski definition) is 3. The molecule has 0 saturated heterocycles. The predicted molar refractivity (Wildman–Crippen MR) is 93.1 cm³/mol. The van der Waals surface area contributed by atoms with Crippen LogP contribution in [0.15, 0.2) is 35.1 Å². The Morgan fingerprint density at radius 3 is 2.69 bits per heavy atom. The maximum absolute atomic E-state index is 12.8. The average Bonchev–Trinajstić information content (AvgIpc) is 2.53. The van der Waals surface area contributed by atoms with Gasteiger partial charge in [0.25, 0.3) is 5.56 Å². The number of rotatable bonds is 3. The summed E-state index contributed by atoms with van der Waals surface area (Å²) in [6.07, 6.45) is -4.65. The summed E-state index contributed by atoms with van der Waals surface area (Å²) in [5.74, 6) is -0.613. The van der Waals surface area contributed by atoms with Crippen molar-refractivity contribution >= 4 is 34.1 Å². The number of hydrogen-bond acceptors (Lipinski definition) is 5. The summed E-state index contributed by atoms with van der Waals surface area (Å²) in [4.78, 5) is 21.9. The summed E-state index contributed by atoms with van der Waals surface area (Å²) in [5, 5.41) is 4.06. The lowest BCUT2D eigenvalue weighted by Gasteiger charge is -2.16. The monoisotopic (exact) mass is 383 g/mol. The van der Waals surface area contributed by atoms with Crippen LogP contribution < -0.4 is 16.6 Å². The first-order valence-electron chi connectivity index (χ1n) is 7.45. The number of nitrogens with zero attached hydrogens (tertiary/aromatic N) is 2. The van der Waals surface area contributed by atoms with E-state index in [2.05, 4.69) is 20.3 Å². The molecule has 0 radical (unpaired) electrons. The van der Waals surface area contributed by atoms with E-state index in [4.69, 9.17) is 17.3 Å². The quantitative estimate of drug-likeness (QED) is 0.640. The molecule has 1 aromatic carbocycles. The normalized spacial score (nSPS) is 13.0. The van der Waals surface area contributed by atoms with E-state index in [0.717, 1.165) is 6.07 Å². The number of halogens is 4. The molecule has 2 aromatic heterocycles. The number of nitrogen functional groups attached to an aromatic ring is 1. The summed E-state index contributed by atoms with van der Waals surface area (Å²) in [6.45, 7) is 1.66. The summed E-state index contributed by atoms with van der Waals surface area (Å²) in [6, 6.07) is 6.91. The van der Waals surface area contributed by atoms with E-state index >= 15 is 0 Å². The van der Waals surface area contributed by atoms with Gasteiger partial charge in [0.1, 0.15) is 5.82 Å². The molecule has 3 rings (SSSR count). The van der Waals surface area contributed by atoms with Crippen molar-refractivity contribution < 1.29 is 13.2 Å². The number of aromatic nitrogens is 3. The van der Waals surface area contributed by atoms with E-state index in [1.807, 2.05) is 0 Å². The van der Waals surface area contributed by atoms with Crippen LogP contribution in [0.1, 0.15) is 24.4 Å². The molecule has 3 aromatic rings. The Morgan fingerprint density at radius 2 is 2.00 bits per heavy atom. The smallest absolute Gasteiger partial charge is 0.368 e. The zero-order valence-electron chi connectivity index (χ0n) is 13.4. The number of pyridine rings is 1. The zero-order chi connectivity index (χ0) is 19.1. The highest BCUT2D eigenvalue weighted by atomic mass is 35.5. The Kier molecular flexibility index (Phi) is 4.49. The highest BCUT2D eigenvalue weighted by Gasteiger charge is 2.33. The first-order chi connectivity index (χ1) is 12.1. The third-order valence-electron chi connectivity index (χ3n) is 3.71. The molecular formula is C16H13ClF3N5O. The minimum atomic E-state index is -4.65. The van der Waals surface area contributed by atoms with Gasteiger partial charge in [-0.25, -0.2) is 4.98 Å². The van der Waals surface area contributed by atoms with Crippen LogP contribution in [-0.2, 0) is 6.18 Å². The van der Waals surface area contributed by atoms with Crippen molar-refractivity contribution in [1.82, 2.24) is 15.0 Å². The van der Waals surface area contributed by atoms with Crippen molar-refractivity contribution in [2.75, 3.05) is 11.1 Å². The summed E-state index contributed by atoms with van der Waals surface area (Å²) < 4.78 is 38.5. The van der Waals surface area contributed by atoms with Crippen molar-refractivity contribution in [3.63, 3.8) is 0 Å². The Balaban J connectivity index is 1.96. The molecule has 0 saturated carbocycles. The summed E-state index contributed by atoms with van der Waals surface area (Å²) in [5.41, 5.74) is 4.26. The van der Waals surface area contributed by atoms with Crippen LogP contribution in [0.4, 0.5) is 24.9 Å². The molecule has 0 bridgehead atoms. The fourth-order valence-corrected chi connectivity index (χ4v) is 2.78. The topological polar surface area (TPSA) is 96.7 Å². The molecule has 6 nitrogen and oxygen atoms in total. The minimum Gasteiger partial charge on any atom is -0.368 e. The zero-order valence-corrected chi connectivity index (χ0v) is 14.1. The fraction of sp³-hybridized carbons (Fsp3) is 0.188. The summed E-state index contributed by atoms with van der Waals surface area (Å²) >= 11 is 6.03. The first-order valence-corrected chi connectivity index (χ1v) is 7.82. The van der Waals surface area contributed by atoms with Gasteiger partial charge in [0.2, 0.25) is 5.95 Å². The molecule has 136 valence electrons. The largest absolute Gasteiger partial charge is 0.433 e. The van der Waals surface area contributed by atoms with Crippen LogP contribution >= 0.6 is 11.6 Å². The maximum atomic E-state index is 12.8. The number of anilines is 2. The highest BCUT2D eigenvalue weighted by Crippen LogP contribution is 2.30. The molecule has 4 N–H and O–H groups in total. The first kappa shape index (κ1) is 18.0. The number of H-pyrrole nitrogens is 1. The minimum absolute atomic E-state index is 0.107. The van der Waals surface area contributed by atoms with E-state index in [9.17, 15) is 18.0 Å². The molecule has 10 heteroatoms. The van der Waals surface area contributed by atoms with Gasteiger partial charge in [-0.3, -0.25) is 4.79 Å². The molecule has 0 aliphatic rings. The Bertz CT molecular complexity index is 1030. The lowest BCUT2D eigenvalue weighted by molar-refractivity contribution is -0.141. The molecule has 0 unspecified atom stereocenters. The number of nitrogens with two attached hydrogens (primary N) is 1.